The summed E-state index contributed by atoms with van der Waals surface area (Å²) in [6.45, 7) is 0.733. The van der Waals surface area contributed by atoms with Crippen molar-refractivity contribution in [2.45, 2.75) is 19.4 Å². The third-order valence-electron chi connectivity index (χ3n) is 2.87. The minimum atomic E-state index is -0.747. The molecule has 0 unspecified atom stereocenters. The van der Waals surface area contributed by atoms with Gasteiger partial charge in [0.2, 0.25) is 0 Å². The van der Waals surface area contributed by atoms with Crippen LogP contribution in [0.1, 0.15) is 18.4 Å². The van der Waals surface area contributed by atoms with E-state index in [0.29, 0.717) is 18.2 Å². The number of carbonyl (C=O) groups is 1. The third kappa shape index (κ3) is 2.54. The molecule has 1 N–H and O–H groups in total. The lowest BCUT2D eigenvalue weighted by Gasteiger charge is -2.10. The van der Waals surface area contributed by atoms with Gasteiger partial charge in [0.1, 0.15) is 0 Å². The lowest BCUT2D eigenvalue weighted by molar-refractivity contribution is -0.146. The van der Waals surface area contributed by atoms with Crippen molar-refractivity contribution in [2.24, 2.45) is 5.41 Å². The summed E-state index contributed by atoms with van der Waals surface area (Å²) in [6, 6.07) is 7.35. The third-order valence-corrected chi connectivity index (χ3v) is 3.12. The summed E-state index contributed by atoms with van der Waals surface area (Å²) < 4.78 is 5.42. The summed E-state index contributed by atoms with van der Waals surface area (Å²) in [5, 5.41) is 9.63. The summed E-state index contributed by atoms with van der Waals surface area (Å²) in [5.41, 5.74) is 0.400. The molecule has 0 amide bonds. The van der Waals surface area contributed by atoms with E-state index in [-0.39, 0.29) is 0 Å². The van der Waals surface area contributed by atoms with Crippen molar-refractivity contribution in [1.82, 2.24) is 0 Å². The van der Waals surface area contributed by atoms with Crippen LogP contribution in [0.2, 0.25) is 5.02 Å². The molecule has 0 spiro atoms. The molecule has 0 bridgehead atoms. The number of hydrogen-bond donors (Lipinski definition) is 1. The molecule has 1 aromatic carbocycles. The Bertz CT molecular complexity index is 382. The fraction of sp³-hybridized carbons (Fsp3) is 0.417. The number of hydrogen-bond acceptors (Lipinski definition) is 2. The molecule has 1 aliphatic rings. The first-order chi connectivity index (χ1) is 7.62. The zero-order chi connectivity index (χ0) is 11.6. The van der Waals surface area contributed by atoms with Crippen molar-refractivity contribution >= 4 is 17.6 Å². The first-order valence-electron chi connectivity index (χ1n) is 5.18. The van der Waals surface area contributed by atoms with Crippen molar-refractivity contribution in [2.75, 3.05) is 6.61 Å². The largest absolute Gasteiger partial charge is 0.481 e. The minimum absolute atomic E-state index is 0.297. The van der Waals surface area contributed by atoms with Gasteiger partial charge in [-0.1, -0.05) is 23.7 Å². The van der Waals surface area contributed by atoms with Gasteiger partial charge in [0, 0.05) is 5.02 Å². The molecule has 0 heterocycles. The molecule has 3 nitrogen and oxygen atoms in total. The van der Waals surface area contributed by atoms with E-state index >= 15 is 0 Å². The van der Waals surface area contributed by atoms with Crippen LogP contribution >= 0.6 is 11.6 Å². The van der Waals surface area contributed by atoms with E-state index in [9.17, 15) is 4.79 Å². The second-order valence-electron chi connectivity index (χ2n) is 4.20. The van der Waals surface area contributed by atoms with Gasteiger partial charge < -0.3 is 9.84 Å². The maximum absolute atomic E-state index is 10.9. The zero-order valence-electron chi connectivity index (χ0n) is 8.78. The van der Waals surface area contributed by atoms with Gasteiger partial charge in [-0.2, -0.15) is 0 Å². The van der Waals surface area contributed by atoms with E-state index in [1.807, 2.05) is 12.1 Å². The number of carboxylic acid groups (broad SMARTS) is 1. The quantitative estimate of drug-likeness (QED) is 0.861. The minimum Gasteiger partial charge on any atom is -0.481 e. The van der Waals surface area contributed by atoms with Gasteiger partial charge in [0.25, 0.3) is 0 Å². The number of rotatable bonds is 5. The van der Waals surface area contributed by atoms with Gasteiger partial charge in [0.15, 0.2) is 0 Å². The Morgan fingerprint density at radius 3 is 2.50 bits per heavy atom. The van der Waals surface area contributed by atoms with Crippen LogP contribution in [0, 0.1) is 5.41 Å². The highest BCUT2D eigenvalue weighted by atomic mass is 35.5. The smallest absolute Gasteiger partial charge is 0.311 e. The van der Waals surface area contributed by atoms with Gasteiger partial charge in [0.05, 0.1) is 18.6 Å². The molecule has 0 saturated heterocycles. The van der Waals surface area contributed by atoms with Crippen molar-refractivity contribution in [3.8, 4) is 0 Å². The van der Waals surface area contributed by atoms with Crippen LogP contribution in [0.3, 0.4) is 0 Å². The average Bonchev–Trinajstić information content (AvgIpc) is 3.02. The predicted molar refractivity (Wildman–Crippen MR) is 60.4 cm³/mol. The number of ether oxygens (including phenoxy) is 1. The second kappa shape index (κ2) is 4.44. The highest BCUT2D eigenvalue weighted by Gasteiger charge is 2.50. The van der Waals surface area contributed by atoms with Crippen LogP contribution < -0.4 is 0 Å². The summed E-state index contributed by atoms with van der Waals surface area (Å²) in [4.78, 5) is 10.9. The maximum Gasteiger partial charge on any atom is 0.311 e. The Morgan fingerprint density at radius 1 is 1.38 bits per heavy atom. The molecule has 0 aliphatic heterocycles. The van der Waals surface area contributed by atoms with E-state index in [4.69, 9.17) is 21.4 Å². The van der Waals surface area contributed by atoms with Crippen molar-refractivity contribution < 1.29 is 14.6 Å². The van der Waals surface area contributed by atoms with Gasteiger partial charge in [-0.15, -0.1) is 0 Å². The number of carboxylic acids is 1. The standard InChI is InChI=1S/C12H13ClO3/c13-10-3-1-9(2-4-10)7-16-8-12(5-6-12)11(14)15/h1-4H,5-8H2,(H,14,15). The molecule has 0 radical (unpaired) electrons. The topological polar surface area (TPSA) is 46.5 Å². The number of halogens is 1. The zero-order valence-corrected chi connectivity index (χ0v) is 9.54. The fourth-order valence-corrected chi connectivity index (χ4v) is 1.64. The first-order valence-corrected chi connectivity index (χ1v) is 5.56. The first kappa shape index (κ1) is 11.4. The monoisotopic (exact) mass is 240 g/mol. The fourth-order valence-electron chi connectivity index (χ4n) is 1.52. The second-order valence-corrected chi connectivity index (χ2v) is 4.64. The molecule has 2 rings (SSSR count). The number of aliphatic carboxylic acids is 1. The molecule has 1 aromatic rings. The molecule has 1 aliphatic carbocycles. The lowest BCUT2D eigenvalue weighted by atomic mass is 10.1. The molecule has 86 valence electrons. The van der Waals surface area contributed by atoms with Crippen molar-refractivity contribution in [3.63, 3.8) is 0 Å². The average molecular weight is 241 g/mol. The van der Waals surface area contributed by atoms with E-state index < -0.39 is 11.4 Å². The molecule has 4 heteroatoms. The van der Waals surface area contributed by atoms with Crippen LogP contribution in [-0.2, 0) is 16.1 Å². The van der Waals surface area contributed by atoms with E-state index in [2.05, 4.69) is 0 Å². The summed E-state index contributed by atoms with van der Waals surface area (Å²) in [7, 11) is 0. The molecule has 16 heavy (non-hydrogen) atoms. The maximum atomic E-state index is 10.9. The molecule has 0 atom stereocenters. The highest BCUT2D eigenvalue weighted by molar-refractivity contribution is 6.30. The molecule has 1 fully saturated rings. The highest BCUT2D eigenvalue weighted by Crippen LogP contribution is 2.46. The molecular formula is C12H13ClO3. The van der Waals surface area contributed by atoms with Gasteiger partial charge in [-0.3, -0.25) is 4.79 Å². The van der Waals surface area contributed by atoms with Crippen LogP contribution in [0.4, 0.5) is 0 Å². The van der Waals surface area contributed by atoms with Gasteiger partial charge in [-0.05, 0) is 30.5 Å². The van der Waals surface area contributed by atoms with Crippen LogP contribution in [0.15, 0.2) is 24.3 Å². The van der Waals surface area contributed by atoms with Crippen molar-refractivity contribution in [3.05, 3.63) is 34.9 Å². The van der Waals surface area contributed by atoms with E-state index in [1.54, 1.807) is 12.1 Å². The Balaban J connectivity index is 1.80. The molecular weight excluding hydrogens is 228 g/mol. The van der Waals surface area contributed by atoms with E-state index in [0.717, 1.165) is 18.4 Å². The summed E-state index contributed by atoms with van der Waals surface area (Å²) >= 11 is 5.75. The van der Waals surface area contributed by atoms with Crippen LogP contribution in [0.25, 0.3) is 0 Å². The Hall–Kier alpha value is -1.06. The Kier molecular flexibility index (Phi) is 3.17. The van der Waals surface area contributed by atoms with Crippen LogP contribution in [0.5, 0.6) is 0 Å². The van der Waals surface area contributed by atoms with Gasteiger partial charge >= 0.3 is 5.97 Å². The summed E-state index contributed by atoms with van der Waals surface area (Å²) in [6.07, 6.45) is 1.45. The van der Waals surface area contributed by atoms with Gasteiger partial charge in [-0.25, -0.2) is 0 Å². The normalized spacial score (nSPS) is 17.1. The lowest BCUT2D eigenvalue weighted by Crippen LogP contribution is -2.21. The Labute approximate surface area is 99.0 Å². The van der Waals surface area contributed by atoms with Crippen molar-refractivity contribution in [1.29, 1.82) is 0 Å². The molecule has 1 saturated carbocycles. The number of benzene rings is 1. The SMILES string of the molecule is O=C(O)C1(COCc2ccc(Cl)cc2)CC1. The Morgan fingerprint density at radius 2 is 2.00 bits per heavy atom. The predicted octanol–water partition coefficient (Wildman–Crippen LogP) is 2.72. The molecule has 0 aromatic heterocycles. The van der Waals surface area contributed by atoms with Crippen LogP contribution in [-0.4, -0.2) is 17.7 Å². The summed E-state index contributed by atoms with van der Waals surface area (Å²) in [5.74, 6) is -0.747. The van der Waals surface area contributed by atoms with E-state index in [1.165, 1.54) is 0 Å².